The monoisotopic (exact) mass is 788 g/mol. The van der Waals surface area contributed by atoms with E-state index in [4.69, 9.17) is 5.11 Å². The fourth-order valence-corrected chi connectivity index (χ4v) is 11.3. The summed E-state index contributed by atoms with van der Waals surface area (Å²) in [7, 11) is 0. The van der Waals surface area contributed by atoms with Crippen molar-refractivity contribution in [3.8, 4) is 0 Å². The number of hydrogen-bond donors (Lipinski definition) is 4. The van der Waals surface area contributed by atoms with Gasteiger partial charge in [0.15, 0.2) is 0 Å². The highest BCUT2D eigenvalue weighted by Crippen LogP contribution is 2.65. The fraction of sp³-hybridized carbons (Fsp3) is 0.375. The average molecular weight is 789 g/mol. The van der Waals surface area contributed by atoms with Crippen LogP contribution in [0.15, 0.2) is 107 Å². The summed E-state index contributed by atoms with van der Waals surface area (Å²) in [6.07, 6.45) is 9.82. The molecule has 0 bridgehead atoms. The summed E-state index contributed by atoms with van der Waals surface area (Å²) >= 11 is 0. The topological polar surface area (TPSA) is 161 Å². The Kier molecular flexibility index (Phi) is 9.22. The Balaban J connectivity index is 0.000000121. The molecule has 4 aliphatic carbocycles. The highest BCUT2D eigenvalue weighted by Gasteiger charge is 2.57. The van der Waals surface area contributed by atoms with Gasteiger partial charge in [-0.3, -0.25) is 19.2 Å². The molecule has 4 N–H and O–H groups in total. The van der Waals surface area contributed by atoms with Gasteiger partial charge in [-0.2, -0.15) is 10.2 Å². The number of aromatic amines is 2. The number of carbonyl (C=O) groups excluding carboxylic acids is 1. The van der Waals surface area contributed by atoms with Gasteiger partial charge in [0.25, 0.3) is 11.1 Å². The smallest absolute Gasteiger partial charge is 0.306 e. The lowest BCUT2D eigenvalue weighted by Crippen LogP contribution is -2.52. The molecule has 0 unspecified atom stereocenters. The average Bonchev–Trinajstić information content (AvgIpc) is 3.86. The summed E-state index contributed by atoms with van der Waals surface area (Å²) in [5.41, 5.74) is 7.36. The number of para-hydroxylation sites is 2. The number of aliphatic carboxylic acids is 1. The van der Waals surface area contributed by atoms with Crippen molar-refractivity contribution in [3.05, 3.63) is 140 Å². The SMILES string of the molecule is O=C(C1CC2(C1)CC(c1n[nH]c(=O)c3ccccc13)C2)N1CCc2ccccc21.O=C(O)C1CC2(C1)CC(c1n[nH]c(=O)c3ccccc13)C2.c1ccc2c(c1)CCN2. The molecule has 1 amide bonds. The van der Waals surface area contributed by atoms with Crippen LogP contribution in [0.3, 0.4) is 0 Å². The van der Waals surface area contributed by atoms with Gasteiger partial charge in [0.05, 0.1) is 28.1 Å². The van der Waals surface area contributed by atoms with E-state index >= 15 is 0 Å². The van der Waals surface area contributed by atoms with E-state index in [2.05, 4.69) is 62.1 Å². The molecule has 6 aliphatic rings. The van der Waals surface area contributed by atoms with Gasteiger partial charge in [-0.25, -0.2) is 10.2 Å². The molecule has 59 heavy (non-hydrogen) atoms. The van der Waals surface area contributed by atoms with E-state index in [9.17, 15) is 19.2 Å². The van der Waals surface area contributed by atoms with Crippen molar-refractivity contribution in [1.29, 1.82) is 0 Å². The first-order valence-electron chi connectivity index (χ1n) is 21.1. The van der Waals surface area contributed by atoms with Crippen LogP contribution in [0.2, 0.25) is 0 Å². The van der Waals surface area contributed by atoms with Crippen LogP contribution in [0.4, 0.5) is 11.4 Å². The predicted octanol–water partition coefficient (Wildman–Crippen LogP) is 7.72. The quantitative estimate of drug-likeness (QED) is 0.141. The minimum atomic E-state index is -0.670. The van der Waals surface area contributed by atoms with Gasteiger partial charge >= 0.3 is 5.97 Å². The molecular weight excluding hydrogens is 741 g/mol. The van der Waals surface area contributed by atoms with Crippen LogP contribution < -0.4 is 21.3 Å². The van der Waals surface area contributed by atoms with Crippen LogP contribution in [0.1, 0.15) is 85.7 Å². The summed E-state index contributed by atoms with van der Waals surface area (Å²) in [6.45, 7) is 1.93. The molecule has 4 fully saturated rings. The normalized spacial score (nSPS) is 26.7. The number of anilines is 2. The Labute approximate surface area is 341 Å². The molecule has 12 rings (SSSR count). The number of aromatic nitrogens is 4. The van der Waals surface area contributed by atoms with E-state index in [1.54, 1.807) is 0 Å². The number of H-pyrrole nitrogens is 2. The van der Waals surface area contributed by atoms with Crippen molar-refractivity contribution < 1.29 is 14.7 Å². The van der Waals surface area contributed by atoms with Crippen LogP contribution in [-0.4, -0.2) is 50.5 Å². The number of carboxylic acids is 1. The zero-order valence-electron chi connectivity index (χ0n) is 33.0. The predicted molar refractivity (Wildman–Crippen MR) is 228 cm³/mol. The van der Waals surface area contributed by atoms with E-state index in [1.807, 2.05) is 65.6 Å². The second kappa shape index (κ2) is 14.6. The van der Waals surface area contributed by atoms with E-state index in [1.165, 1.54) is 23.2 Å². The first-order valence-corrected chi connectivity index (χ1v) is 21.1. The van der Waals surface area contributed by atoms with Crippen LogP contribution in [0, 0.1) is 22.7 Å². The van der Waals surface area contributed by atoms with Gasteiger partial charge in [-0.05, 0) is 110 Å². The molecule has 11 nitrogen and oxygen atoms in total. The summed E-state index contributed by atoms with van der Waals surface area (Å²) in [4.78, 5) is 49.8. The number of carbonyl (C=O) groups is 2. The highest BCUT2D eigenvalue weighted by molar-refractivity contribution is 5.97. The molecule has 0 radical (unpaired) electrons. The molecule has 4 saturated carbocycles. The number of hydrogen-bond acceptors (Lipinski definition) is 7. The number of amides is 1. The van der Waals surface area contributed by atoms with Gasteiger partial charge < -0.3 is 15.3 Å². The molecule has 2 aromatic heterocycles. The molecule has 11 heteroatoms. The van der Waals surface area contributed by atoms with Crippen molar-refractivity contribution in [3.63, 3.8) is 0 Å². The molecule has 4 aromatic carbocycles. The molecule has 2 spiro atoms. The zero-order valence-corrected chi connectivity index (χ0v) is 33.0. The molecule has 4 heterocycles. The van der Waals surface area contributed by atoms with Crippen molar-refractivity contribution in [2.75, 3.05) is 23.3 Å². The van der Waals surface area contributed by atoms with Crippen molar-refractivity contribution >= 4 is 44.8 Å². The summed E-state index contributed by atoms with van der Waals surface area (Å²) in [5.74, 6) is 0.337. The summed E-state index contributed by atoms with van der Waals surface area (Å²) in [6, 6.07) is 32.0. The number of nitrogens with one attached hydrogen (secondary N) is 3. The Morgan fingerprint density at radius 2 is 1.08 bits per heavy atom. The summed E-state index contributed by atoms with van der Waals surface area (Å²) in [5, 5.41) is 29.5. The maximum Gasteiger partial charge on any atom is 0.306 e. The third-order valence-electron chi connectivity index (χ3n) is 14.2. The fourth-order valence-electron chi connectivity index (χ4n) is 11.3. The van der Waals surface area contributed by atoms with Gasteiger partial charge in [0.1, 0.15) is 0 Å². The summed E-state index contributed by atoms with van der Waals surface area (Å²) < 4.78 is 0. The molecule has 0 saturated heterocycles. The van der Waals surface area contributed by atoms with Gasteiger partial charge in [-0.15, -0.1) is 0 Å². The third-order valence-corrected chi connectivity index (χ3v) is 14.2. The molecular formula is C48H48N6O5. The van der Waals surface area contributed by atoms with Gasteiger partial charge in [0, 0.05) is 53.0 Å². The minimum Gasteiger partial charge on any atom is -0.481 e. The van der Waals surface area contributed by atoms with E-state index in [0.29, 0.717) is 33.9 Å². The maximum absolute atomic E-state index is 13.1. The second-order valence-electron chi connectivity index (χ2n) is 17.9. The van der Waals surface area contributed by atoms with Crippen molar-refractivity contribution in [2.45, 2.75) is 76.0 Å². The Morgan fingerprint density at radius 3 is 1.64 bits per heavy atom. The van der Waals surface area contributed by atoms with E-state index in [-0.39, 0.29) is 28.4 Å². The molecule has 0 atom stereocenters. The minimum absolute atomic E-state index is 0.126. The number of benzene rings is 4. The van der Waals surface area contributed by atoms with Crippen LogP contribution >= 0.6 is 0 Å². The van der Waals surface area contributed by atoms with Gasteiger partial charge in [-0.1, -0.05) is 72.8 Å². The second-order valence-corrected chi connectivity index (χ2v) is 17.9. The standard InChI is InChI=1S/C24H23N3O2.C16H16N2O3.C8H9N/c28-22-19-7-3-2-6-18(19)21(25-26-22)16-11-24(12-16)13-17(14-24)23(29)27-10-9-15-5-1-4-8-20(15)27;19-14-12-4-2-1-3-11(12)13(17-18-14)9-5-16(6-9)7-10(8-16)15(20)21;1-2-4-8-7(3-1)5-6-9-8/h1-8,16-17H,9-14H2,(H,26,28);1-4,9-10H,5-8H2,(H,18,19)(H,20,21);1-4,9H,5-6H2. The van der Waals surface area contributed by atoms with Crippen molar-refractivity contribution in [2.24, 2.45) is 22.7 Å². The number of fused-ring (bicyclic) bond motifs is 4. The van der Waals surface area contributed by atoms with Crippen LogP contribution in [0.5, 0.6) is 0 Å². The first-order chi connectivity index (χ1) is 28.7. The molecule has 6 aromatic rings. The number of carboxylic acid groups (broad SMARTS) is 1. The molecule has 300 valence electrons. The maximum atomic E-state index is 13.1. The van der Waals surface area contributed by atoms with Crippen LogP contribution in [0.25, 0.3) is 21.5 Å². The number of rotatable bonds is 4. The lowest BCUT2D eigenvalue weighted by molar-refractivity contribution is -0.155. The van der Waals surface area contributed by atoms with Crippen LogP contribution in [-0.2, 0) is 22.4 Å². The number of nitrogens with zero attached hydrogens (tertiary/aromatic N) is 3. The zero-order chi connectivity index (χ0) is 40.3. The van der Waals surface area contributed by atoms with E-state index in [0.717, 1.165) is 98.7 Å². The molecule has 2 aliphatic heterocycles. The Morgan fingerprint density at radius 1 is 0.593 bits per heavy atom. The van der Waals surface area contributed by atoms with Gasteiger partial charge in [0.2, 0.25) is 5.91 Å². The van der Waals surface area contributed by atoms with Crippen molar-refractivity contribution in [1.82, 2.24) is 20.4 Å². The largest absolute Gasteiger partial charge is 0.481 e. The first kappa shape index (κ1) is 37.2. The van der Waals surface area contributed by atoms with E-state index < -0.39 is 5.97 Å². The lowest BCUT2D eigenvalue weighted by atomic mass is 9.47. The Bertz CT molecular complexity index is 2690. The highest BCUT2D eigenvalue weighted by atomic mass is 16.4. The Hall–Kier alpha value is -6.10. The third kappa shape index (κ3) is 6.70. The lowest BCUT2D eigenvalue weighted by Gasteiger charge is -2.57.